The van der Waals surface area contributed by atoms with Crippen LogP contribution in [0.2, 0.25) is 0 Å². The largest absolute Gasteiger partial charge is 0.476 e. The van der Waals surface area contributed by atoms with E-state index in [4.69, 9.17) is 10.5 Å². The molecule has 27 heavy (non-hydrogen) atoms. The summed E-state index contributed by atoms with van der Waals surface area (Å²) in [6.07, 6.45) is 19.8. The summed E-state index contributed by atoms with van der Waals surface area (Å²) >= 11 is 0. The molecule has 130 valence electrons. The van der Waals surface area contributed by atoms with Crippen molar-refractivity contribution >= 4 is 35.0 Å². The summed E-state index contributed by atoms with van der Waals surface area (Å²) in [4.78, 5) is 28.0. The highest BCUT2D eigenvalue weighted by molar-refractivity contribution is 6.68. The SMILES string of the molecule is N=C1C=C(C=C2C=CC(C=C3C=CC(C=C4C=CC=N4)=N3)=N2)N=C1C(=O)O. The fourth-order valence-corrected chi connectivity index (χ4v) is 2.64. The van der Waals surface area contributed by atoms with Gasteiger partial charge in [-0.05, 0) is 60.8 Å². The van der Waals surface area contributed by atoms with E-state index in [2.05, 4.69) is 20.0 Å². The molecule has 7 nitrogen and oxygen atoms in total. The number of carboxylic acid groups (broad SMARTS) is 1. The summed E-state index contributed by atoms with van der Waals surface area (Å²) in [5.74, 6) is -1.21. The first kappa shape index (κ1) is 16.5. The van der Waals surface area contributed by atoms with E-state index < -0.39 is 5.97 Å². The second-order valence-electron chi connectivity index (χ2n) is 5.83. The monoisotopic (exact) mass is 355 g/mol. The molecule has 0 saturated heterocycles. The summed E-state index contributed by atoms with van der Waals surface area (Å²) in [5.41, 5.74) is 3.85. The highest BCUT2D eigenvalue weighted by Gasteiger charge is 2.20. The van der Waals surface area contributed by atoms with Crippen molar-refractivity contribution in [1.82, 2.24) is 0 Å². The Hall–Kier alpha value is -4.00. The molecule has 4 rings (SSSR count). The normalized spacial score (nSPS) is 24.4. The summed E-state index contributed by atoms with van der Waals surface area (Å²) in [6.45, 7) is 0. The van der Waals surface area contributed by atoms with Crippen LogP contribution in [-0.2, 0) is 4.79 Å². The van der Waals surface area contributed by atoms with Crippen LogP contribution in [0.4, 0.5) is 0 Å². The van der Waals surface area contributed by atoms with Gasteiger partial charge in [-0.2, -0.15) is 0 Å². The number of hydrogen-bond acceptors (Lipinski definition) is 6. The lowest BCUT2D eigenvalue weighted by Crippen LogP contribution is -2.18. The molecule has 0 aromatic rings. The van der Waals surface area contributed by atoms with Crippen molar-refractivity contribution in [1.29, 1.82) is 5.41 Å². The molecule has 4 heterocycles. The molecule has 2 N–H and O–H groups in total. The molecule has 0 radical (unpaired) electrons. The summed E-state index contributed by atoms with van der Waals surface area (Å²) in [6, 6.07) is 0. The summed E-state index contributed by atoms with van der Waals surface area (Å²) < 4.78 is 0. The number of aliphatic carboxylic acids is 1. The van der Waals surface area contributed by atoms with Crippen molar-refractivity contribution in [2.24, 2.45) is 20.0 Å². The van der Waals surface area contributed by atoms with Crippen LogP contribution in [0.3, 0.4) is 0 Å². The van der Waals surface area contributed by atoms with Crippen LogP contribution in [-0.4, -0.2) is 40.1 Å². The first-order valence-electron chi connectivity index (χ1n) is 8.09. The van der Waals surface area contributed by atoms with Gasteiger partial charge in [0.2, 0.25) is 0 Å². The first-order valence-corrected chi connectivity index (χ1v) is 8.09. The van der Waals surface area contributed by atoms with Crippen molar-refractivity contribution in [2.45, 2.75) is 0 Å². The Morgan fingerprint density at radius 2 is 1.56 bits per heavy atom. The smallest absolute Gasteiger partial charge is 0.356 e. The maximum Gasteiger partial charge on any atom is 0.356 e. The van der Waals surface area contributed by atoms with Crippen molar-refractivity contribution in [3.63, 3.8) is 0 Å². The highest BCUT2D eigenvalue weighted by atomic mass is 16.4. The van der Waals surface area contributed by atoms with E-state index in [0.29, 0.717) is 11.4 Å². The van der Waals surface area contributed by atoms with Crippen LogP contribution in [0.1, 0.15) is 0 Å². The summed E-state index contributed by atoms with van der Waals surface area (Å²) in [7, 11) is 0. The van der Waals surface area contributed by atoms with Gasteiger partial charge in [-0.15, -0.1) is 0 Å². The standard InChI is InChI=1S/C20H13N5O2/c21-18-11-17(25-19(18)20(26)27)10-16-6-5-15(24-16)9-14-4-3-13(23-14)8-12-2-1-7-22-12/h1-11,21H,(H,26,27). The number of carbonyl (C=O) groups is 1. The van der Waals surface area contributed by atoms with Crippen LogP contribution in [0.25, 0.3) is 0 Å². The molecule has 0 bridgehead atoms. The van der Waals surface area contributed by atoms with Gasteiger partial charge < -0.3 is 5.11 Å². The average molecular weight is 355 g/mol. The molecule has 0 saturated carbocycles. The van der Waals surface area contributed by atoms with Gasteiger partial charge in [0.05, 0.1) is 39.9 Å². The maximum absolute atomic E-state index is 11.0. The molecule has 4 aliphatic heterocycles. The van der Waals surface area contributed by atoms with Crippen molar-refractivity contribution in [3.05, 3.63) is 83.5 Å². The van der Waals surface area contributed by atoms with Crippen molar-refractivity contribution < 1.29 is 9.90 Å². The molecule has 4 aliphatic rings. The molecule has 7 heteroatoms. The molecule has 0 atom stereocenters. The highest BCUT2D eigenvalue weighted by Crippen LogP contribution is 2.19. The molecule has 0 unspecified atom stereocenters. The van der Waals surface area contributed by atoms with Gasteiger partial charge in [0.1, 0.15) is 0 Å². The number of allylic oxidation sites excluding steroid dienone is 10. The molecule has 0 aromatic carbocycles. The van der Waals surface area contributed by atoms with Crippen LogP contribution in [0.15, 0.2) is 104 Å². The maximum atomic E-state index is 11.0. The Kier molecular flexibility index (Phi) is 4.10. The zero-order valence-corrected chi connectivity index (χ0v) is 14.0. The lowest BCUT2D eigenvalue weighted by Gasteiger charge is -1.92. The topological polar surface area (TPSA) is 111 Å². The van der Waals surface area contributed by atoms with Gasteiger partial charge in [-0.1, -0.05) is 0 Å². The third-order valence-corrected chi connectivity index (χ3v) is 3.82. The number of nitrogens with one attached hydrogen (secondary N) is 1. The number of aliphatic imine (C=N–C) groups is 4. The Bertz CT molecular complexity index is 1090. The van der Waals surface area contributed by atoms with Gasteiger partial charge in [0, 0.05) is 6.21 Å². The van der Waals surface area contributed by atoms with Crippen LogP contribution < -0.4 is 0 Å². The van der Waals surface area contributed by atoms with Crippen molar-refractivity contribution in [2.75, 3.05) is 0 Å². The van der Waals surface area contributed by atoms with Gasteiger partial charge >= 0.3 is 5.97 Å². The fourth-order valence-electron chi connectivity index (χ4n) is 2.64. The molecule has 0 amide bonds. The van der Waals surface area contributed by atoms with E-state index in [1.165, 1.54) is 6.08 Å². The summed E-state index contributed by atoms with van der Waals surface area (Å²) in [5, 5.41) is 16.6. The molecule has 0 aromatic heterocycles. The second-order valence-corrected chi connectivity index (χ2v) is 5.83. The molecule has 0 spiro atoms. The zero-order chi connectivity index (χ0) is 18.8. The van der Waals surface area contributed by atoms with Gasteiger partial charge in [0.25, 0.3) is 0 Å². The van der Waals surface area contributed by atoms with Crippen molar-refractivity contribution in [3.8, 4) is 0 Å². The van der Waals surface area contributed by atoms with Gasteiger partial charge in [0.15, 0.2) is 5.71 Å². The zero-order valence-electron chi connectivity index (χ0n) is 14.0. The number of nitrogens with zero attached hydrogens (tertiary/aromatic N) is 4. The van der Waals surface area contributed by atoms with E-state index in [0.717, 1.165) is 22.8 Å². The molecular formula is C20H13N5O2. The average Bonchev–Trinajstić information content (AvgIpc) is 3.39. The van der Waals surface area contributed by atoms with Crippen LogP contribution >= 0.6 is 0 Å². The lowest BCUT2D eigenvalue weighted by molar-refractivity contribution is -0.129. The Balaban J connectivity index is 1.50. The fraction of sp³-hybridized carbons (Fsp3) is 0. The Morgan fingerprint density at radius 1 is 0.889 bits per heavy atom. The van der Waals surface area contributed by atoms with Crippen LogP contribution in [0, 0.1) is 5.41 Å². The quantitative estimate of drug-likeness (QED) is 0.808. The number of rotatable bonds is 4. The second kappa shape index (κ2) is 6.72. The Labute approximate surface area is 154 Å². The third kappa shape index (κ3) is 3.67. The van der Waals surface area contributed by atoms with Crippen LogP contribution in [0.5, 0.6) is 0 Å². The minimum absolute atomic E-state index is 0.115. The molecular weight excluding hydrogens is 342 g/mol. The van der Waals surface area contributed by atoms with Gasteiger partial charge in [-0.3, -0.25) is 10.4 Å². The Morgan fingerprint density at radius 3 is 2.15 bits per heavy atom. The molecule has 0 fully saturated rings. The lowest BCUT2D eigenvalue weighted by atomic mass is 10.2. The minimum Gasteiger partial charge on any atom is -0.476 e. The molecule has 0 aliphatic carbocycles. The predicted octanol–water partition coefficient (Wildman–Crippen LogP) is 2.74. The van der Waals surface area contributed by atoms with E-state index in [1.807, 2.05) is 42.5 Å². The predicted molar refractivity (Wildman–Crippen MR) is 106 cm³/mol. The third-order valence-electron chi connectivity index (χ3n) is 3.82. The first-order chi connectivity index (χ1) is 13.1. The van der Waals surface area contributed by atoms with E-state index in [9.17, 15) is 4.79 Å². The number of hydrogen-bond donors (Lipinski definition) is 2. The van der Waals surface area contributed by atoms with E-state index in [-0.39, 0.29) is 11.4 Å². The van der Waals surface area contributed by atoms with E-state index in [1.54, 1.807) is 18.4 Å². The van der Waals surface area contributed by atoms with E-state index >= 15 is 0 Å². The minimum atomic E-state index is -1.21. The number of carboxylic acids is 1. The van der Waals surface area contributed by atoms with Gasteiger partial charge in [-0.25, -0.2) is 19.8 Å².